The number of nitrogens with one attached hydrogen (secondary N) is 1. The van der Waals surface area contributed by atoms with Crippen molar-refractivity contribution in [3.8, 4) is 0 Å². The Hall–Kier alpha value is -2.14. The number of likely N-dealkylation sites (tertiary alicyclic amines) is 1. The molecule has 1 atom stereocenters. The number of H-pyrrole nitrogens is 1. The van der Waals surface area contributed by atoms with Crippen molar-refractivity contribution in [2.24, 2.45) is 0 Å². The van der Waals surface area contributed by atoms with E-state index in [0.717, 1.165) is 55.7 Å². The third-order valence-electron chi connectivity index (χ3n) is 5.78. The van der Waals surface area contributed by atoms with Crippen LogP contribution in [0.5, 0.6) is 0 Å². The van der Waals surface area contributed by atoms with Gasteiger partial charge in [-0.25, -0.2) is 0 Å². The van der Waals surface area contributed by atoms with Crippen molar-refractivity contribution in [3.05, 3.63) is 52.3 Å². The third-order valence-corrected chi connectivity index (χ3v) is 5.78. The molecule has 2 aliphatic rings. The molecule has 1 N–H and O–H groups in total. The van der Waals surface area contributed by atoms with Gasteiger partial charge in [0.1, 0.15) is 0 Å². The summed E-state index contributed by atoms with van der Waals surface area (Å²) in [4.78, 5) is 17.8. The smallest absolute Gasteiger partial charge is 0.258 e. The molecule has 1 saturated carbocycles. The number of benzene rings is 1. The summed E-state index contributed by atoms with van der Waals surface area (Å²) in [7, 11) is 4.17. The second-order valence-electron chi connectivity index (χ2n) is 8.37. The van der Waals surface area contributed by atoms with Crippen molar-refractivity contribution in [1.82, 2.24) is 20.0 Å². The van der Waals surface area contributed by atoms with Crippen molar-refractivity contribution < 1.29 is 4.79 Å². The lowest BCUT2D eigenvalue weighted by Gasteiger charge is -2.36. The van der Waals surface area contributed by atoms with Crippen LogP contribution in [0.1, 0.15) is 76.9 Å². The van der Waals surface area contributed by atoms with Gasteiger partial charge in [0.25, 0.3) is 5.91 Å². The van der Waals surface area contributed by atoms with Crippen LogP contribution in [0.15, 0.2) is 24.3 Å². The van der Waals surface area contributed by atoms with Gasteiger partial charge in [0.05, 0.1) is 17.3 Å². The Bertz CT molecular complexity index is 804. The minimum Gasteiger partial charge on any atom is -0.331 e. The molecule has 5 heteroatoms. The summed E-state index contributed by atoms with van der Waals surface area (Å²) >= 11 is 0. The first-order chi connectivity index (χ1) is 13.0. The highest BCUT2D eigenvalue weighted by Crippen LogP contribution is 2.42. The average molecular weight is 367 g/mol. The summed E-state index contributed by atoms with van der Waals surface area (Å²) < 4.78 is 0. The summed E-state index contributed by atoms with van der Waals surface area (Å²) in [5.41, 5.74) is 5.28. The van der Waals surface area contributed by atoms with E-state index >= 15 is 0 Å². The minimum absolute atomic E-state index is 0.158. The van der Waals surface area contributed by atoms with E-state index in [4.69, 9.17) is 0 Å². The molecule has 2 heterocycles. The highest BCUT2D eigenvalue weighted by molar-refractivity contribution is 5.97. The van der Waals surface area contributed by atoms with Crippen LogP contribution in [0, 0.1) is 6.92 Å². The van der Waals surface area contributed by atoms with Crippen LogP contribution in [0.25, 0.3) is 0 Å². The van der Waals surface area contributed by atoms with Gasteiger partial charge in [-0.2, -0.15) is 5.10 Å². The van der Waals surface area contributed by atoms with E-state index in [1.807, 2.05) is 6.92 Å². The molecular formula is C22H30N4O. The second kappa shape index (κ2) is 7.47. The van der Waals surface area contributed by atoms with E-state index in [2.05, 4.69) is 58.4 Å². The number of aryl methyl sites for hydroxylation is 1. The summed E-state index contributed by atoms with van der Waals surface area (Å²) in [6, 6.07) is 8.98. The van der Waals surface area contributed by atoms with Crippen molar-refractivity contribution >= 4 is 5.91 Å². The predicted molar refractivity (Wildman–Crippen MR) is 107 cm³/mol. The Balaban J connectivity index is 1.59. The number of piperidine rings is 1. The summed E-state index contributed by atoms with van der Waals surface area (Å²) in [5, 5.41) is 7.51. The molecule has 0 unspecified atom stereocenters. The third kappa shape index (κ3) is 3.79. The summed E-state index contributed by atoms with van der Waals surface area (Å²) in [5.74, 6) is 0.632. The molecule has 0 bridgehead atoms. The first-order valence-corrected chi connectivity index (χ1v) is 10.1. The van der Waals surface area contributed by atoms with Crippen LogP contribution in [0.2, 0.25) is 0 Å². The maximum atomic E-state index is 13.5. The Morgan fingerprint density at radius 1 is 1.19 bits per heavy atom. The highest BCUT2D eigenvalue weighted by Gasteiger charge is 2.36. The van der Waals surface area contributed by atoms with Crippen molar-refractivity contribution in [2.45, 2.75) is 57.5 Å². The lowest BCUT2D eigenvalue weighted by atomic mass is 9.93. The number of rotatable bonds is 5. The van der Waals surface area contributed by atoms with Crippen LogP contribution in [-0.4, -0.2) is 46.5 Å². The zero-order chi connectivity index (χ0) is 19.0. The monoisotopic (exact) mass is 366 g/mol. The maximum absolute atomic E-state index is 13.5. The molecule has 0 radical (unpaired) electrons. The summed E-state index contributed by atoms with van der Waals surface area (Å²) in [6.07, 6.45) is 5.60. The van der Waals surface area contributed by atoms with Gasteiger partial charge in [0.2, 0.25) is 0 Å². The van der Waals surface area contributed by atoms with Gasteiger partial charge in [-0.15, -0.1) is 0 Å². The van der Waals surface area contributed by atoms with Crippen molar-refractivity contribution in [1.29, 1.82) is 0 Å². The van der Waals surface area contributed by atoms with E-state index in [1.165, 1.54) is 17.5 Å². The number of hydrogen-bond donors (Lipinski definition) is 1. The van der Waals surface area contributed by atoms with E-state index in [1.54, 1.807) is 0 Å². The average Bonchev–Trinajstić information content (AvgIpc) is 3.43. The molecule has 1 amide bonds. The molecular weight excluding hydrogens is 336 g/mol. The van der Waals surface area contributed by atoms with E-state index in [-0.39, 0.29) is 11.9 Å². The van der Waals surface area contributed by atoms with Gasteiger partial charge in [-0.1, -0.05) is 24.3 Å². The number of aromatic amines is 1. The first kappa shape index (κ1) is 18.2. The van der Waals surface area contributed by atoms with E-state index in [9.17, 15) is 4.79 Å². The first-order valence-electron chi connectivity index (χ1n) is 10.1. The van der Waals surface area contributed by atoms with Crippen LogP contribution >= 0.6 is 0 Å². The van der Waals surface area contributed by atoms with E-state index < -0.39 is 0 Å². The van der Waals surface area contributed by atoms with Crippen LogP contribution < -0.4 is 0 Å². The Morgan fingerprint density at radius 3 is 2.59 bits per heavy atom. The van der Waals surface area contributed by atoms with E-state index in [0.29, 0.717) is 5.92 Å². The fraction of sp³-hybridized carbons (Fsp3) is 0.545. The van der Waals surface area contributed by atoms with Crippen molar-refractivity contribution in [2.75, 3.05) is 20.6 Å². The number of carbonyl (C=O) groups is 1. The van der Waals surface area contributed by atoms with Gasteiger partial charge in [-0.3, -0.25) is 9.89 Å². The lowest BCUT2D eigenvalue weighted by Crippen LogP contribution is -2.39. The largest absolute Gasteiger partial charge is 0.331 e. The molecule has 1 aromatic heterocycles. The topological polar surface area (TPSA) is 52.2 Å². The Labute approximate surface area is 161 Å². The fourth-order valence-corrected chi connectivity index (χ4v) is 4.25. The highest BCUT2D eigenvalue weighted by atomic mass is 16.2. The number of hydrogen-bond acceptors (Lipinski definition) is 3. The Kier molecular flexibility index (Phi) is 5.04. The summed E-state index contributed by atoms with van der Waals surface area (Å²) in [6.45, 7) is 3.74. The molecule has 1 aromatic carbocycles. The van der Waals surface area contributed by atoms with Crippen LogP contribution in [0.4, 0.5) is 0 Å². The van der Waals surface area contributed by atoms with Gasteiger partial charge in [0, 0.05) is 24.7 Å². The van der Waals surface area contributed by atoms with Crippen LogP contribution in [-0.2, 0) is 6.54 Å². The number of aromatic nitrogens is 2. The lowest BCUT2D eigenvalue weighted by molar-refractivity contribution is 0.0609. The van der Waals surface area contributed by atoms with Crippen LogP contribution in [0.3, 0.4) is 0 Å². The molecule has 144 valence electrons. The molecule has 27 heavy (non-hydrogen) atoms. The van der Waals surface area contributed by atoms with Gasteiger partial charge < -0.3 is 9.80 Å². The Morgan fingerprint density at radius 2 is 1.93 bits per heavy atom. The maximum Gasteiger partial charge on any atom is 0.258 e. The molecule has 2 aromatic rings. The zero-order valence-corrected chi connectivity index (χ0v) is 16.7. The minimum atomic E-state index is 0.158. The van der Waals surface area contributed by atoms with Crippen molar-refractivity contribution in [3.63, 3.8) is 0 Å². The number of nitrogens with zero attached hydrogens (tertiary/aromatic N) is 3. The van der Waals surface area contributed by atoms with Gasteiger partial charge in [-0.05, 0) is 64.3 Å². The fourth-order valence-electron chi connectivity index (χ4n) is 4.25. The predicted octanol–water partition coefficient (Wildman–Crippen LogP) is 4.02. The van der Waals surface area contributed by atoms with Gasteiger partial charge in [0.15, 0.2) is 0 Å². The normalized spacial score (nSPS) is 20.3. The molecule has 1 aliphatic heterocycles. The number of carbonyl (C=O) groups excluding carboxylic acids is 1. The molecule has 2 fully saturated rings. The quantitative estimate of drug-likeness (QED) is 0.869. The molecule has 0 spiro atoms. The molecule has 1 aliphatic carbocycles. The van der Waals surface area contributed by atoms with Gasteiger partial charge >= 0.3 is 0 Å². The molecule has 1 saturated heterocycles. The SMILES string of the molecule is Cc1[nH]nc(C2CC2)c1C(=O)N1CCCC[C@H]1c1ccc(CN(C)C)cc1. The molecule has 4 rings (SSSR count). The second-order valence-corrected chi connectivity index (χ2v) is 8.37. The standard InChI is InChI=1S/C22H30N4O/c1-15-20(21(24-23-15)18-11-12-18)22(27)26-13-5-4-6-19(26)17-9-7-16(8-10-17)14-25(2)3/h7-10,18-19H,4-6,11-14H2,1-3H3,(H,23,24)/t19-/m0/s1. The number of amides is 1. The zero-order valence-electron chi connectivity index (χ0n) is 16.7. The molecule has 5 nitrogen and oxygen atoms in total.